The number of rotatable bonds is 8. The lowest BCUT2D eigenvalue weighted by atomic mass is 9.90. The van der Waals surface area contributed by atoms with Gasteiger partial charge in [0, 0.05) is 19.0 Å². The van der Waals surface area contributed by atoms with Gasteiger partial charge in [0.05, 0.1) is 19.5 Å². The van der Waals surface area contributed by atoms with Crippen LogP contribution >= 0.6 is 0 Å². The molecule has 4 aromatic rings. The number of furan rings is 1. The maximum Gasteiger partial charge on any atom is 0.410 e. The molecule has 0 bridgehead atoms. The summed E-state index contributed by atoms with van der Waals surface area (Å²) in [5, 5.41) is 7.67. The number of methoxy groups -OCH3 is 2. The van der Waals surface area contributed by atoms with Gasteiger partial charge < -0.3 is 23.5 Å². The van der Waals surface area contributed by atoms with E-state index in [-0.39, 0.29) is 37.1 Å². The van der Waals surface area contributed by atoms with Crippen molar-refractivity contribution in [3.05, 3.63) is 77.6 Å². The first-order valence-electron chi connectivity index (χ1n) is 14.5. The highest BCUT2D eigenvalue weighted by Crippen LogP contribution is 2.38. The number of likely N-dealkylation sites (tertiary alicyclic amines) is 1. The van der Waals surface area contributed by atoms with Crippen molar-refractivity contribution in [2.75, 3.05) is 27.3 Å². The van der Waals surface area contributed by atoms with Crippen molar-refractivity contribution in [3.63, 3.8) is 0 Å². The van der Waals surface area contributed by atoms with Crippen LogP contribution in [0, 0.1) is 12.7 Å². The Morgan fingerprint density at radius 1 is 1.00 bits per heavy atom. The minimum Gasteiger partial charge on any atom is -0.494 e. The van der Waals surface area contributed by atoms with Gasteiger partial charge in [0.1, 0.15) is 40.1 Å². The van der Waals surface area contributed by atoms with Gasteiger partial charge in [0.15, 0.2) is 21.4 Å². The van der Waals surface area contributed by atoms with E-state index in [0.717, 1.165) is 5.56 Å². The van der Waals surface area contributed by atoms with E-state index in [1.54, 1.807) is 74.7 Å². The predicted molar refractivity (Wildman–Crippen MR) is 165 cm³/mol. The van der Waals surface area contributed by atoms with Crippen LogP contribution in [-0.2, 0) is 20.3 Å². The van der Waals surface area contributed by atoms with E-state index < -0.39 is 38.4 Å². The van der Waals surface area contributed by atoms with Crippen molar-refractivity contribution in [1.29, 1.82) is 0 Å². The molecule has 0 radical (unpaired) electrons. The second kappa shape index (κ2) is 12.5. The molecular weight excluding hydrogens is 603 g/mol. The SMILES string of the molecule is COc1cccc(OC)c1-n1c(CS(=O)(=O)[C@@H]2C[C@H](c3ccc(F)cc3)CN(C(=O)OC(C)(C)C)C2)nnc1-c1ccc(C)o1. The van der Waals surface area contributed by atoms with E-state index in [1.165, 1.54) is 31.3 Å². The fourth-order valence-electron chi connectivity index (χ4n) is 5.47. The molecule has 2 atom stereocenters. The summed E-state index contributed by atoms with van der Waals surface area (Å²) in [5.41, 5.74) is 0.353. The molecule has 45 heavy (non-hydrogen) atoms. The number of aryl methyl sites for hydroxylation is 1. The number of halogens is 1. The lowest BCUT2D eigenvalue weighted by molar-refractivity contribution is 0.0201. The molecule has 11 nitrogen and oxygen atoms in total. The first-order valence-corrected chi connectivity index (χ1v) is 16.2. The van der Waals surface area contributed by atoms with Crippen LogP contribution in [-0.4, -0.2) is 72.3 Å². The number of ether oxygens (including phenoxy) is 3. The molecule has 2 aromatic heterocycles. The average molecular weight is 641 g/mol. The molecule has 0 unspecified atom stereocenters. The van der Waals surface area contributed by atoms with Crippen LogP contribution in [0.15, 0.2) is 59.0 Å². The van der Waals surface area contributed by atoms with Gasteiger partial charge in [-0.3, -0.25) is 4.57 Å². The number of hydrogen-bond donors (Lipinski definition) is 0. The number of benzene rings is 2. The van der Waals surface area contributed by atoms with E-state index in [4.69, 9.17) is 18.6 Å². The molecular formula is C32H37FN4O7S. The van der Waals surface area contributed by atoms with Crippen molar-refractivity contribution >= 4 is 15.9 Å². The Morgan fingerprint density at radius 3 is 2.24 bits per heavy atom. The molecule has 0 N–H and O–H groups in total. The van der Waals surface area contributed by atoms with Crippen molar-refractivity contribution in [3.8, 4) is 28.8 Å². The maximum absolute atomic E-state index is 14.3. The molecule has 1 aliphatic heterocycles. The van der Waals surface area contributed by atoms with Crippen LogP contribution in [0.5, 0.6) is 11.5 Å². The van der Waals surface area contributed by atoms with Gasteiger partial charge in [0.25, 0.3) is 0 Å². The summed E-state index contributed by atoms with van der Waals surface area (Å²) in [6.45, 7) is 7.18. The fraction of sp³-hybridized carbons (Fsp3) is 0.406. The molecule has 240 valence electrons. The fourth-order valence-corrected chi connectivity index (χ4v) is 7.19. The maximum atomic E-state index is 14.3. The number of aromatic nitrogens is 3. The van der Waals surface area contributed by atoms with Gasteiger partial charge >= 0.3 is 6.09 Å². The van der Waals surface area contributed by atoms with E-state index in [9.17, 15) is 17.6 Å². The first-order chi connectivity index (χ1) is 21.3. The number of piperidine rings is 1. The van der Waals surface area contributed by atoms with E-state index >= 15 is 0 Å². The predicted octanol–water partition coefficient (Wildman–Crippen LogP) is 5.70. The van der Waals surface area contributed by atoms with Gasteiger partial charge in [-0.2, -0.15) is 0 Å². The second-order valence-electron chi connectivity index (χ2n) is 12.0. The zero-order chi connectivity index (χ0) is 32.5. The Kier molecular flexibility index (Phi) is 8.92. The molecule has 0 aliphatic carbocycles. The van der Waals surface area contributed by atoms with Crippen LogP contribution < -0.4 is 9.47 Å². The third-order valence-corrected chi connectivity index (χ3v) is 9.58. The number of hydrogen-bond acceptors (Lipinski definition) is 9. The highest BCUT2D eigenvalue weighted by molar-refractivity contribution is 7.91. The number of sulfone groups is 1. The largest absolute Gasteiger partial charge is 0.494 e. The van der Waals surface area contributed by atoms with Crippen LogP contribution in [0.1, 0.15) is 50.3 Å². The number of para-hydroxylation sites is 1. The molecule has 1 amide bonds. The molecule has 1 fully saturated rings. The summed E-state index contributed by atoms with van der Waals surface area (Å²) >= 11 is 0. The smallest absolute Gasteiger partial charge is 0.410 e. The van der Waals surface area contributed by atoms with Crippen molar-refractivity contribution in [1.82, 2.24) is 19.7 Å². The summed E-state index contributed by atoms with van der Waals surface area (Å²) in [7, 11) is -0.991. The number of carbonyl (C=O) groups excluding carboxylic acids is 1. The molecule has 3 heterocycles. The molecule has 0 spiro atoms. The van der Waals surface area contributed by atoms with Gasteiger partial charge in [-0.1, -0.05) is 18.2 Å². The van der Waals surface area contributed by atoms with Gasteiger partial charge in [-0.15, -0.1) is 10.2 Å². The Morgan fingerprint density at radius 2 is 1.67 bits per heavy atom. The second-order valence-corrected chi connectivity index (χ2v) is 14.3. The van der Waals surface area contributed by atoms with Crippen molar-refractivity contribution in [2.24, 2.45) is 0 Å². The summed E-state index contributed by atoms with van der Waals surface area (Å²) < 4.78 is 66.6. The van der Waals surface area contributed by atoms with E-state index in [1.807, 2.05) is 0 Å². The topological polar surface area (TPSA) is 126 Å². The summed E-state index contributed by atoms with van der Waals surface area (Å²) in [4.78, 5) is 14.6. The van der Waals surface area contributed by atoms with Crippen molar-refractivity contribution < 1.29 is 36.2 Å². The summed E-state index contributed by atoms with van der Waals surface area (Å²) in [6.07, 6.45) is -0.407. The molecule has 1 saturated heterocycles. The standard InChI is InChI=1S/C32H37FN4O7S/c1-20-10-15-27(43-20)30-35-34-28(37(30)29-25(41-5)8-7-9-26(29)42-6)19-45(39,40)24-16-22(21-11-13-23(33)14-12-21)17-36(18-24)31(38)44-32(2,3)4/h7-15,22,24H,16-19H2,1-6H3/t22-,24+/m0/s1. The first kappa shape index (κ1) is 32.0. The minimum absolute atomic E-state index is 0.0781. The highest BCUT2D eigenvalue weighted by Gasteiger charge is 2.40. The number of nitrogens with zero attached hydrogens (tertiary/aromatic N) is 4. The molecule has 13 heteroatoms. The Hall–Kier alpha value is -4.39. The van der Waals surface area contributed by atoms with E-state index in [2.05, 4.69) is 10.2 Å². The van der Waals surface area contributed by atoms with Crippen molar-refractivity contribution in [2.45, 2.75) is 56.6 Å². The molecule has 1 aliphatic rings. The lowest BCUT2D eigenvalue weighted by Crippen LogP contribution is -2.49. The number of amides is 1. The molecule has 0 saturated carbocycles. The zero-order valence-corrected chi connectivity index (χ0v) is 26.9. The minimum atomic E-state index is -3.99. The van der Waals surface area contributed by atoms with Crippen LogP contribution in [0.4, 0.5) is 9.18 Å². The third-order valence-electron chi connectivity index (χ3n) is 7.56. The quantitative estimate of drug-likeness (QED) is 0.238. The summed E-state index contributed by atoms with van der Waals surface area (Å²) in [5.74, 6) is 0.901. The lowest BCUT2D eigenvalue weighted by Gasteiger charge is -2.38. The number of carbonyl (C=O) groups is 1. The van der Waals surface area contributed by atoms with Gasteiger partial charge in [-0.25, -0.2) is 17.6 Å². The van der Waals surface area contributed by atoms with Crippen LogP contribution in [0.2, 0.25) is 0 Å². The molecule has 5 rings (SSSR count). The Bertz CT molecular complexity index is 1760. The monoisotopic (exact) mass is 640 g/mol. The molecule has 2 aromatic carbocycles. The van der Waals surface area contributed by atoms with Crippen LogP contribution in [0.3, 0.4) is 0 Å². The third kappa shape index (κ3) is 6.98. The summed E-state index contributed by atoms with van der Waals surface area (Å²) in [6, 6.07) is 14.6. The van der Waals surface area contributed by atoms with Crippen LogP contribution in [0.25, 0.3) is 17.3 Å². The zero-order valence-electron chi connectivity index (χ0n) is 26.1. The van der Waals surface area contributed by atoms with E-state index in [0.29, 0.717) is 28.7 Å². The highest BCUT2D eigenvalue weighted by atomic mass is 32.2. The average Bonchev–Trinajstić information content (AvgIpc) is 3.61. The Balaban J connectivity index is 1.56. The Labute approximate surface area is 261 Å². The van der Waals surface area contributed by atoms with Gasteiger partial charge in [-0.05, 0) is 76.1 Å². The van der Waals surface area contributed by atoms with Gasteiger partial charge in [0.2, 0.25) is 5.82 Å². The normalized spacial score (nSPS) is 17.3.